The van der Waals surface area contributed by atoms with Crippen LogP contribution < -0.4 is 20.7 Å². The van der Waals surface area contributed by atoms with E-state index in [0.717, 1.165) is 17.5 Å². The summed E-state index contributed by atoms with van der Waals surface area (Å²) < 4.78 is 29.8. The van der Waals surface area contributed by atoms with Gasteiger partial charge < -0.3 is 20.7 Å². The molecule has 1 atom stereocenters. The largest absolute Gasteiger partial charge is 0.434 e. The third kappa shape index (κ3) is 8.97. The van der Waals surface area contributed by atoms with E-state index < -0.39 is 6.61 Å². The zero-order valence-electron chi connectivity index (χ0n) is 18.7. The fourth-order valence-electron chi connectivity index (χ4n) is 2.83. The van der Waals surface area contributed by atoms with Crippen molar-refractivity contribution < 1.29 is 18.3 Å². The molecule has 6 nitrogen and oxygen atoms in total. The maximum atomic E-state index is 12.6. The van der Waals surface area contributed by atoms with Crippen LogP contribution in [-0.4, -0.2) is 31.6 Å². The number of alkyl halides is 2. The van der Waals surface area contributed by atoms with Gasteiger partial charge in [0.05, 0.1) is 0 Å². The highest BCUT2D eigenvalue weighted by molar-refractivity contribution is 14.0. The van der Waals surface area contributed by atoms with Crippen LogP contribution in [0.15, 0.2) is 47.5 Å². The Labute approximate surface area is 205 Å². The van der Waals surface area contributed by atoms with E-state index in [1.807, 2.05) is 32.9 Å². The molecule has 0 saturated carbocycles. The molecule has 3 N–H and O–H groups in total. The maximum absolute atomic E-state index is 12.6. The van der Waals surface area contributed by atoms with Gasteiger partial charge in [0.1, 0.15) is 5.75 Å². The minimum absolute atomic E-state index is 0. The number of carbonyl (C=O) groups excluding carboxylic acids is 1. The zero-order valence-corrected chi connectivity index (χ0v) is 21.1. The van der Waals surface area contributed by atoms with Gasteiger partial charge in [0.25, 0.3) is 5.91 Å². The van der Waals surface area contributed by atoms with E-state index in [1.165, 1.54) is 6.07 Å². The number of aliphatic imine (C=N–C) groups is 1. The number of nitrogens with zero attached hydrogens (tertiary/aromatic N) is 1. The molecule has 32 heavy (non-hydrogen) atoms. The topological polar surface area (TPSA) is 74.8 Å². The Balaban J connectivity index is 0.00000512. The van der Waals surface area contributed by atoms with Gasteiger partial charge in [0.2, 0.25) is 0 Å². The fraction of sp³-hybridized carbons (Fsp3) is 0.391. The molecular weight excluding hydrogens is 529 g/mol. The van der Waals surface area contributed by atoms with Crippen molar-refractivity contribution in [3.63, 3.8) is 0 Å². The van der Waals surface area contributed by atoms with Crippen LogP contribution in [0.3, 0.4) is 0 Å². The van der Waals surface area contributed by atoms with E-state index in [-0.39, 0.29) is 48.2 Å². The number of amides is 1. The van der Waals surface area contributed by atoms with Gasteiger partial charge >= 0.3 is 6.61 Å². The molecule has 2 rings (SSSR count). The molecule has 0 fully saturated rings. The summed E-state index contributed by atoms with van der Waals surface area (Å²) in [5, 5.41) is 9.21. The van der Waals surface area contributed by atoms with Crippen LogP contribution in [0.5, 0.6) is 5.75 Å². The van der Waals surface area contributed by atoms with Gasteiger partial charge in [-0.3, -0.25) is 9.79 Å². The third-order valence-corrected chi connectivity index (χ3v) is 4.77. The molecule has 0 bridgehead atoms. The molecule has 0 aliphatic heterocycles. The van der Waals surface area contributed by atoms with Gasteiger partial charge in [-0.05, 0) is 44.0 Å². The summed E-state index contributed by atoms with van der Waals surface area (Å²) >= 11 is 0. The molecule has 176 valence electrons. The van der Waals surface area contributed by atoms with Gasteiger partial charge in [0.15, 0.2) is 5.96 Å². The minimum atomic E-state index is -2.88. The number of ether oxygens (including phenoxy) is 1. The standard InChI is InChI=1S/C23H30F2N4O2.HI/c1-5-16(3)29-21(30)18-9-7-17(8-10-18)13-27-23(26-4)28-14-19-12-15(2)6-11-20(19)31-22(24)25;/h6-12,16,22H,5,13-14H2,1-4H3,(H,29,30)(H2,26,27,28);1H. The summed E-state index contributed by atoms with van der Waals surface area (Å²) in [7, 11) is 1.63. The summed E-state index contributed by atoms with van der Waals surface area (Å²) in [4.78, 5) is 16.3. The van der Waals surface area contributed by atoms with Gasteiger partial charge in [-0.25, -0.2) is 0 Å². The first-order chi connectivity index (χ1) is 14.8. The van der Waals surface area contributed by atoms with Crippen molar-refractivity contribution in [3.05, 3.63) is 64.7 Å². The summed E-state index contributed by atoms with van der Waals surface area (Å²) in [5.41, 5.74) is 3.14. The van der Waals surface area contributed by atoms with Crippen molar-refractivity contribution in [2.75, 3.05) is 7.05 Å². The summed E-state index contributed by atoms with van der Waals surface area (Å²) in [6, 6.07) is 12.5. The fourth-order valence-corrected chi connectivity index (χ4v) is 2.83. The Morgan fingerprint density at radius 2 is 1.75 bits per heavy atom. The Hall–Kier alpha value is -2.43. The number of hydrogen-bond donors (Lipinski definition) is 3. The third-order valence-electron chi connectivity index (χ3n) is 4.77. The number of guanidine groups is 1. The first kappa shape index (κ1) is 27.6. The average molecular weight is 560 g/mol. The summed E-state index contributed by atoms with van der Waals surface area (Å²) in [5.74, 6) is 0.559. The second-order valence-electron chi connectivity index (χ2n) is 7.25. The highest BCUT2D eigenvalue weighted by Gasteiger charge is 2.11. The Kier molecular flexibility index (Phi) is 12.0. The minimum Gasteiger partial charge on any atom is -0.434 e. The van der Waals surface area contributed by atoms with Gasteiger partial charge in [0, 0.05) is 37.3 Å². The van der Waals surface area contributed by atoms with Crippen molar-refractivity contribution in [1.82, 2.24) is 16.0 Å². The lowest BCUT2D eigenvalue weighted by molar-refractivity contribution is -0.0504. The van der Waals surface area contributed by atoms with Gasteiger partial charge in [-0.15, -0.1) is 24.0 Å². The average Bonchev–Trinajstić information content (AvgIpc) is 2.75. The predicted octanol–water partition coefficient (Wildman–Crippen LogP) is 4.61. The molecular formula is C23H31F2IN4O2. The second-order valence-corrected chi connectivity index (χ2v) is 7.25. The highest BCUT2D eigenvalue weighted by Crippen LogP contribution is 2.22. The molecule has 0 spiro atoms. The quantitative estimate of drug-likeness (QED) is 0.238. The van der Waals surface area contributed by atoms with E-state index in [0.29, 0.717) is 23.6 Å². The molecule has 0 aromatic heterocycles. The lowest BCUT2D eigenvalue weighted by Crippen LogP contribution is -2.36. The number of halogens is 3. The lowest BCUT2D eigenvalue weighted by Gasteiger charge is -2.15. The maximum Gasteiger partial charge on any atom is 0.387 e. The van der Waals surface area contributed by atoms with Crippen molar-refractivity contribution in [1.29, 1.82) is 0 Å². The van der Waals surface area contributed by atoms with Crippen molar-refractivity contribution in [2.24, 2.45) is 4.99 Å². The number of carbonyl (C=O) groups is 1. The molecule has 0 aliphatic rings. The molecule has 2 aromatic carbocycles. The monoisotopic (exact) mass is 560 g/mol. The van der Waals surface area contributed by atoms with E-state index in [1.54, 1.807) is 31.3 Å². The van der Waals surface area contributed by atoms with Crippen molar-refractivity contribution >= 4 is 35.8 Å². The van der Waals surface area contributed by atoms with Gasteiger partial charge in [-0.1, -0.05) is 36.8 Å². The molecule has 0 heterocycles. The van der Waals surface area contributed by atoms with E-state index in [2.05, 4.69) is 25.7 Å². The molecule has 1 unspecified atom stereocenters. The summed E-state index contributed by atoms with van der Waals surface area (Å²) in [6.07, 6.45) is 0.873. The first-order valence-corrected chi connectivity index (χ1v) is 10.2. The highest BCUT2D eigenvalue weighted by atomic mass is 127. The lowest BCUT2D eigenvalue weighted by atomic mass is 10.1. The molecule has 0 radical (unpaired) electrons. The Morgan fingerprint density at radius 3 is 2.34 bits per heavy atom. The van der Waals surface area contributed by atoms with Crippen LogP contribution in [0.1, 0.15) is 47.3 Å². The zero-order chi connectivity index (χ0) is 22.8. The van der Waals surface area contributed by atoms with Gasteiger partial charge in [-0.2, -0.15) is 8.78 Å². The van der Waals surface area contributed by atoms with Crippen LogP contribution in [0.25, 0.3) is 0 Å². The number of benzene rings is 2. The molecule has 2 aromatic rings. The van der Waals surface area contributed by atoms with E-state index in [9.17, 15) is 13.6 Å². The van der Waals surface area contributed by atoms with E-state index in [4.69, 9.17) is 0 Å². The number of rotatable bonds is 9. The van der Waals surface area contributed by atoms with Crippen molar-refractivity contribution in [2.45, 2.75) is 52.9 Å². The van der Waals surface area contributed by atoms with E-state index >= 15 is 0 Å². The smallest absolute Gasteiger partial charge is 0.387 e. The number of aryl methyl sites for hydroxylation is 1. The predicted molar refractivity (Wildman–Crippen MR) is 134 cm³/mol. The SMILES string of the molecule is CCC(C)NC(=O)c1ccc(CNC(=NC)NCc2cc(C)ccc2OC(F)F)cc1.I. The number of nitrogens with one attached hydrogen (secondary N) is 3. The Bertz CT molecular complexity index is 892. The molecule has 0 aliphatic carbocycles. The normalized spacial score (nSPS) is 12.0. The first-order valence-electron chi connectivity index (χ1n) is 10.2. The molecule has 0 saturated heterocycles. The Morgan fingerprint density at radius 1 is 1.09 bits per heavy atom. The van der Waals surface area contributed by atoms with Crippen LogP contribution in [0, 0.1) is 6.92 Å². The van der Waals surface area contributed by atoms with Crippen LogP contribution in [-0.2, 0) is 13.1 Å². The van der Waals surface area contributed by atoms with Crippen LogP contribution in [0.2, 0.25) is 0 Å². The molecule has 1 amide bonds. The van der Waals surface area contributed by atoms with Crippen molar-refractivity contribution in [3.8, 4) is 5.75 Å². The van der Waals surface area contributed by atoms with Crippen LogP contribution in [0.4, 0.5) is 8.78 Å². The summed E-state index contributed by atoms with van der Waals surface area (Å²) in [6.45, 7) is 3.75. The molecule has 9 heteroatoms. The van der Waals surface area contributed by atoms with Crippen LogP contribution >= 0.6 is 24.0 Å². The second kappa shape index (κ2) is 13.9. The number of hydrogen-bond acceptors (Lipinski definition) is 3.